The smallest absolute Gasteiger partial charge is 0.0739 e. The van der Waals surface area contributed by atoms with Gasteiger partial charge in [-0.25, -0.2) is 0 Å². The van der Waals surface area contributed by atoms with E-state index < -0.39 is 0 Å². The monoisotopic (exact) mass is 177 g/mol. The molecule has 0 aliphatic rings. The van der Waals surface area contributed by atoms with E-state index in [1.807, 2.05) is 20.9 Å². The second-order valence-corrected chi connectivity index (χ2v) is 2.71. The van der Waals surface area contributed by atoms with Crippen LogP contribution in [0.1, 0.15) is 19.4 Å². The van der Waals surface area contributed by atoms with Gasteiger partial charge in [0.25, 0.3) is 0 Å². The lowest BCUT2D eigenvalue weighted by Crippen LogP contribution is -1.85. The molecule has 0 fully saturated rings. The van der Waals surface area contributed by atoms with Crippen LogP contribution in [0.2, 0.25) is 0 Å². The molecule has 0 unspecified atom stereocenters. The lowest BCUT2D eigenvalue weighted by Gasteiger charge is -1.91. The standard InChI is InChI=1S/C8H9N3.C2H6/c1-6-5-11(2)8-4-10-9-3-7(6)8;1-2/h3-5H,1-2H3;1-2H3. The highest BCUT2D eigenvalue weighted by Gasteiger charge is 2.00. The van der Waals surface area contributed by atoms with E-state index in [0.717, 1.165) is 5.52 Å². The Balaban J connectivity index is 0.000000396. The minimum atomic E-state index is 1.14. The summed E-state index contributed by atoms with van der Waals surface area (Å²) in [5.74, 6) is 0. The Kier molecular flexibility index (Phi) is 3.01. The van der Waals surface area contributed by atoms with E-state index in [2.05, 4.69) is 27.9 Å². The van der Waals surface area contributed by atoms with Crippen molar-refractivity contribution in [2.24, 2.45) is 7.05 Å². The lowest BCUT2D eigenvalue weighted by molar-refractivity contribution is 0.949. The van der Waals surface area contributed by atoms with Crippen LogP contribution in [-0.2, 0) is 7.05 Å². The van der Waals surface area contributed by atoms with E-state index in [9.17, 15) is 0 Å². The van der Waals surface area contributed by atoms with Gasteiger partial charge in [-0.2, -0.15) is 10.2 Å². The summed E-state index contributed by atoms with van der Waals surface area (Å²) in [5.41, 5.74) is 2.38. The Hall–Kier alpha value is -1.38. The molecule has 0 radical (unpaired) electrons. The Morgan fingerprint density at radius 2 is 1.77 bits per heavy atom. The molecule has 0 spiro atoms. The van der Waals surface area contributed by atoms with Crippen LogP contribution in [0, 0.1) is 6.92 Å². The van der Waals surface area contributed by atoms with Crippen molar-refractivity contribution in [1.29, 1.82) is 0 Å². The van der Waals surface area contributed by atoms with Crippen LogP contribution in [0.5, 0.6) is 0 Å². The predicted molar refractivity (Wildman–Crippen MR) is 54.6 cm³/mol. The van der Waals surface area contributed by atoms with Crippen molar-refractivity contribution in [2.75, 3.05) is 0 Å². The first-order valence-corrected chi connectivity index (χ1v) is 4.51. The zero-order valence-corrected chi connectivity index (χ0v) is 8.57. The van der Waals surface area contributed by atoms with Gasteiger partial charge in [0.05, 0.1) is 17.9 Å². The molecule has 3 nitrogen and oxygen atoms in total. The molecule has 0 aliphatic carbocycles. The maximum atomic E-state index is 3.82. The molecule has 0 atom stereocenters. The first-order valence-electron chi connectivity index (χ1n) is 4.51. The van der Waals surface area contributed by atoms with E-state index in [4.69, 9.17) is 0 Å². The van der Waals surface area contributed by atoms with Crippen molar-refractivity contribution >= 4 is 10.9 Å². The van der Waals surface area contributed by atoms with Gasteiger partial charge in [-0.15, -0.1) is 0 Å². The maximum absolute atomic E-state index is 3.82. The summed E-state index contributed by atoms with van der Waals surface area (Å²) in [6.45, 7) is 6.07. The lowest BCUT2D eigenvalue weighted by atomic mass is 10.3. The van der Waals surface area contributed by atoms with Gasteiger partial charge in [-0.3, -0.25) is 0 Å². The zero-order chi connectivity index (χ0) is 9.84. The van der Waals surface area contributed by atoms with Crippen molar-refractivity contribution in [2.45, 2.75) is 20.8 Å². The third-order valence-electron chi connectivity index (χ3n) is 1.90. The van der Waals surface area contributed by atoms with Gasteiger partial charge in [-0.1, -0.05) is 13.8 Å². The number of hydrogen-bond donors (Lipinski definition) is 0. The molecule has 0 aromatic carbocycles. The summed E-state index contributed by atoms with van der Waals surface area (Å²) in [5, 5.41) is 8.82. The van der Waals surface area contributed by atoms with Crippen LogP contribution < -0.4 is 0 Å². The summed E-state index contributed by atoms with van der Waals surface area (Å²) >= 11 is 0. The fourth-order valence-corrected chi connectivity index (χ4v) is 1.33. The Bertz CT molecular complexity index is 354. The van der Waals surface area contributed by atoms with Crippen molar-refractivity contribution in [1.82, 2.24) is 14.8 Å². The van der Waals surface area contributed by atoms with Crippen LogP contribution in [0.4, 0.5) is 0 Å². The highest BCUT2D eigenvalue weighted by Crippen LogP contribution is 2.16. The third kappa shape index (κ3) is 1.69. The third-order valence-corrected chi connectivity index (χ3v) is 1.90. The van der Waals surface area contributed by atoms with Crippen LogP contribution in [0.3, 0.4) is 0 Å². The first-order chi connectivity index (χ1) is 6.29. The van der Waals surface area contributed by atoms with Crippen molar-refractivity contribution in [3.63, 3.8) is 0 Å². The zero-order valence-electron chi connectivity index (χ0n) is 8.57. The molecule has 2 aromatic rings. The van der Waals surface area contributed by atoms with Gasteiger partial charge < -0.3 is 4.57 Å². The van der Waals surface area contributed by atoms with E-state index in [-0.39, 0.29) is 0 Å². The molecular weight excluding hydrogens is 162 g/mol. The van der Waals surface area contributed by atoms with Crippen LogP contribution in [0.25, 0.3) is 10.9 Å². The Morgan fingerprint density at radius 3 is 2.38 bits per heavy atom. The number of aryl methyl sites for hydroxylation is 2. The minimum Gasteiger partial charge on any atom is -0.349 e. The summed E-state index contributed by atoms with van der Waals surface area (Å²) in [6, 6.07) is 0. The van der Waals surface area contributed by atoms with Crippen LogP contribution in [0.15, 0.2) is 18.6 Å². The molecule has 0 saturated carbocycles. The molecular formula is C10H15N3. The topological polar surface area (TPSA) is 30.7 Å². The number of fused-ring (bicyclic) bond motifs is 1. The van der Waals surface area contributed by atoms with Crippen LogP contribution in [-0.4, -0.2) is 14.8 Å². The van der Waals surface area contributed by atoms with Gasteiger partial charge in [0.1, 0.15) is 0 Å². The SMILES string of the molecule is CC.Cc1cn(C)c2cnncc12. The average Bonchev–Trinajstić information content (AvgIpc) is 2.47. The van der Waals surface area contributed by atoms with Crippen LogP contribution >= 0.6 is 0 Å². The first kappa shape index (κ1) is 9.71. The summed E-state index contributed by atoms with van der Waals surface area (Å²) in [6.07, 6.45) is 5.65. The molecule has 13 heavy (non-hydrogen) atoms. The summed E-state index contributed by atoms with van der Waals surface area (Å²) in [4.78, 5) is 0. The average molecular weight is 177 g/mol. The second-order valence-electron chi connectivity index (χ2n) is 2.71. The van der Waals surface area contributed by atoms with Gasteiger partial charge in [0.2, 0.25) is 0 Å². The predicted octanol–water partition coefficient (Wildman–Crippen LogP) is 2.30. The molecule has 3 heteroatoms. The normalized spacial score (nSPS) is 9.54. The fraction of sp³-hybridized carbons (Fsp3) is 0.400. The Morgan fingerprint density at radius 1 is 1.15 bits per heavy atom. The largest absolute Gasteiger partial charge is 0.349 e. The number of rotatable bonds is 0. The van der Waals surface area contributed by atoms with Crippen molar-refractivity contribution in [3.05, 3.63) is 24.2 Å². The Labute approximate surface area is 78.4 Å². The highest BCUT2D eigenvalue weighted by atomic mass is 15.1. The molecule has 2 aromatic heterocycles. The van der Waals surface area contributed by atoms with E-state index in [0.29, 0.717) is 0 Å². The number of hydrogen-bond acceptors (Lipinski definition) is 2. The molecule has 0 saturated heterocycles. The van der Waals surface area contributed by atoms with Crippen molar-refractivity contribution < 1.29 is 0 Å². The van der Waals surface area contributed by atoms with Gasteiger partial charge in [-0.05, 0) is 12.5 Å². The fourth-order valence-electron chi connectivity index (χ4n) is 1.33. The molecule has 2 rings (SSSR count). The van der Waals surface area contributed by atoms with E-state index in [1.54, 1.807) is 12.4 Å². The van der Waals surface area contributed by atoms with E-state index in [1.165, 1.54) is 10.9 Å². The molecule has 0 bridgehead atoms. The molecule has 2 heterocycles. The molecule has 70 valence electrons. The summed E-state index contributed by atoms with van der Waals surface area (Å²) < 4.78 is 2.05. The van der Waals surface area contributed by atoms with Gasteiger partial charge >= 0.3 is 0 Å². The second kappa shape index (κ2) is 4.03. The van der Waals surface area contributed by atoms with Crippen molar-refractivity contribution in [3.8, 4) is 0 Å². The summed E-state index contributed by atoms with van der Waals surface area (Å²) in [7, 11) is 2.01. The van der Waals surface area contributed by atoms with Gasteiger partial charge in [0, 0.05) is 18.6 Å². The van der Waals surface area contributed by atoms with E-state index >= 15 is 0 Å². The number of aromatic nitrogens is 3. The minimum absolute atomic E-state index is 1.14. The number of nitrogens with zero attached hydrogens (tertiary/aromatic N) is 3. The molecule has 0 aliphatic heterocycles. The maximum Gasteiger partial charge on any atom is 0.0739 e. The molecule has 0 amide bonds. The quantitative estimate of drug-likeness (QED) is 0.618. The molecule has 0 N–H and O–H groups in total. The van der Waals surface area contributed by atoms with Gasteiger partial charge in [0.15, 0.2) is 0 Å². The highest BCUT2D eigenvalue weighted by molar-refractivity contribution is 5.81.